The van der Waals surface area contributed by atoms with Crippen LogP contribution in [0.15, 0.2) is 0 Å². The summed E-state index contributed by atoms with van der Waals surface area (Å²) in [5.41, 5.74) is 0. The van der Waals surface area contributed by atoms with Crippen LogP contribution in [-0.2, 0) is 9.59 Å². The molecule has 0 radical (unpaired) electrons. The van der Waals surface area contributed by atoms with Crippen molar-refractivity contribution in [3.8, 4) is 0 Å². The van der Waals surface area contributed by atoms with E-state index in [9.17, 15) is 9.59 Å². The Labute approximate surface area is 121 Å². The molecule has 2 rings (SSSR count). The van der Waals surface area contributed by atoms with Gasteiger partial charge in [-0.2, -0.15) is 0 Å². The Morgan fingerprint density at radius 2 is 2.19 bits per heavy atom. The Bertz CT molecular complexity index is 341. The van der Waals surface area contributed by atoms with Crippen LogP contribution < -0.4 is 29.6 Å². The average molecular weight is 255 g/mol. The Morgan fingerprint density at radius 1 is 1.62 bits per heavy atom. The number of amides is 1. The summed E-state index contributed by atoms with van der Waals surface area (Å²) >= 11 is 1.45. The Hall–Kier alpha value is 0.250. The maximum atomic E-state index is 11.6. The number of carboxylic acids is 1. The van der Waals surface area contributed by atoms with E-state index in [-0.39, 0.29) is 48.9 Å². The van der Waals surface area contributed by atoms with Gasteiger partial charge in [0.25, 0.3) is 0 Å². The van der Waals surface area contributed by atoms with E-state index in [4.69, 9.17) is 10.2 Å². The van der Waals surface area contributed by atoms with Crippen LogP contribution >= 0.6 is 11.8 Å². The monoisotopic (exact) mass is 255 g/mol. The van der Waals surface area contributed by atoms with Gasteiger partial charge in [0, 0.05) is 4.75 Å². The van der Waals surface area contributed by atoms with Crippen molar-refractivity contribution in [2.75, 3.05) is 6.61 Å². The first-order chi connectivity index (χ1) is 6.90. The fourth-order valence-electron chi connectivity index (χ4n) is 2.26. The predicted octanol–water partition coefficient (Wildman–Crippen LogP) is -3.14. The molecule has 5 nitrogen and oxygen atoms in total. The molecule has 2 saturated heterocycles. The molecule has 0 saturated carbocycles. The second-order valence-corrected chi connectivity index (χ2v) is 6.16. The first-order valence-corrected chi connectivity index (χ1v) is 5.62. The molecule has 3 atom stereocenters. The van der Waals surface area contributed by atoms with Crippen molar-refractivity contribution >= 4 is 23.6 Å². The Morgan fingerprint density at radius 3 is 2.62 bits per heavy atom. The molecule has 2 aliphatic rings. The van der Waals surface area contributed by atoms with Crippen molar-refractivity contribution in [1.29, 1.82) is 0 Å². The fraction of sp³-hybridized carbons (Fsp3) is 0.778. The van der Waals surface area contributed by atoms with Gasteiger partial charge in [-0.05, 0) is 13.8 Å². The van der Waals surface area contributed by atoms with Gasteiger partial charge >= 0.3 is 35.5 Å². The van der Waals surface area contributed by atoms with Crippen LogP contribution in [-0.4, -0.2) is 49.8 Å². The number of aliphatic hydroxyl groups is 1. The zero-order valence-corrected chi connectivity index (χ0v) is 12.3. The van der Waals surface area contributed by atoms with Crippen LogP contribution in [0.3, 0.4) is 0 Å². The van der Waals surface area contributed by atoms with Crippen LogP contribution in [0.4, 0.5) is 0 Å². The van der Waals surface area contributed by atoms with Crippen molar-refractivity contribution in [2.45, 2.75) is 30.0 Å². The van der Waals surface area contributed by atoms with E-state index in [2.05, 4.69) is 0 Å². The quantitative estimate of drug-likeness (QED) is 0.403. The summed E-state index contributed by atoms with van der Waals surface area (Å²) in [5, 5.41) is 17.9. The molecule has 0 aromatic rings. The standard InChI is InChI=1S/C9H13NO4S.Na.H/c1-9(2)5(8(13)14)10-6(12)4(3-11)7(10)15-9;;/h4-5,7,11H,3H2,1-2H3,(H,13,14);;/q;+1;-1/t4-,5+,7-;;/m1../s1. The number of carboxylic acid groups (broad SMARTS) is 1. The number of fused-ring (bicyclic) bond motifs is 1. The van der Waals surface area contributed by atoms with E-state index in [1.807, 2.05) is 13.8 Å². The predicted molar refractivity (Wildman–Crippen MR) is 55.4 cm³/mol. The number of rotatable bonds is 2. The molecule has 16 heavy (non-hydrogen) atoms. The van der Waals surface area contributed by atoms with Crippen LogP contribution in [0.1, 0.15) is 15.3 Å². The number of hydrogen-bond acceptors (Lipinski definition) is 4. The van der Waals surface area contributed by atoms with Gasteiger partial charge in [-0.15, -0.1) is 11.8 Å². The molecule has 0 spiro atoms. The number of aliphatic hydroxyl groups excluding tert-OH is 1. The molecule has 2 N–H and O–H groups in total. The first kappa shape index (κ1) is 14.3. The summed E-state index contributed by atoms with van der Waals surface area (Å²) in [6.45, 7) is 3.43. The number of hydrogen-bond donors (Lipinski definition) is 2. The molecule has 0 aliphatic carbocycles. The number of nitrogens with zero attached hydrogens (tertiary/aromatic N) is 1. The normalized spacial score (nSPS) is 35.1. The number of carbonyl (C=O) groups excluding carboxylic acids is 1. The third-order valence-corrected chi connectivity index (χ3v) is 4.61. The molecular formula is C9H14NNaO4S. The fourth-order valence-corrected chi connectivity index (χ4v) is 3.93. The Kier molecular flexibility index (Phi) is 4.02. The molecule has 86 valence electrons. The number of carbonyl (C=O) groups is 2. The van der Waals surface area contributed by atoms with E-state index in [0.717, 1.165) is 0 Å². The van der Waals surface area contributed by atoms with E-state index >= 15 is 0 Å². The van der Waals surface area contributed by atoms with Gasteiger partial charge < -0.3 is 16.5 Å². The van der Waals surface area contributed by atoms with Crippen molar-refractivity contribution in [3.05, 3.63) is 0 Å². The van der Waals surface area contributed by atoms with E-state index in [1.165, 1.54) is 16.7 Å². The minimum Gasteiger partial charge on any atom is -1.00 e. The van der Waals surface area contributed by atoms with Gasteiger partial charge in [0.2, 0.25) is 5.91 Å². The van der Waals surface area contributed by atoms with Gasteiger partial charge in [0.1, 0.15) is 6.04 Å². The number of aliphatic carboxylic acids is 1. The second kappa shape index (κ2) is 4.49. The van der Waals surface area contributed by atoms with Gasteiger partial charge in [0.05, 0.1) is 17.9 Å². The minimum absolute atomic E-state index is 0. The zero-order valence-electron chi connectivity index (χ0n) is 10.5. The summed E-state index contributed by atoms with van der Waals surface area (Å²) in [6, 6.07) is -0.775. The van der Waals surface area contributed by atoms with Crippen LogP contribution in [0.25, 0.3) is 0 Å². The second-order valence-electron chi connectivity index (χ2n) is 4.39. The van der Waals surface area contributed by atoms with Gasteiger partial charge in [0.15, 0.2) is 0 Å². The number of thioether (sulfide) groups is 1. The maximum absolute atomic E-state index is 11.6. The third kappa shape index (κ3) is 1.80. The van der Waals surface area contributed by atoms with Crippen LogP contribution in [0, 0.1) is 5.92 Å². The van der Waals surface area contributed by atoms with Gasteiger partial charge in [-0.3, -0.25) is 4.79 Å². The first-order valence-electron chi connectivity index (χ1n) is 4.74. The topological polar surface area (TPSA) is 77.8 Å². The minimum atomic E-state index is -0.972. The van der Waals surface area contributed by atoms with Crippen LogP contribution in [0.2, 0.25) is 0 Å². The van der Waals surface area contributed by atoms with Crippen molar-refractivity contribution < 1.29 is 50.8 Å². The maximum Gasteiger partial charge on any atom is 1.00 e. The summed E-state index contributed by atoms with van der Waals surface area (Å²) in [5.74, 6) is -1.63. The SMILES string of the molecule is CC1(C)S[C@@H]2[C@H](CO)C(=O)N2[C@H]1C(=O)O.[H-].[Na+]. The van der Waals surface area contributed by atoms with Gasteiger partial charge in [-0.25, -0.2) is 4.79 Å². The molecule has 2 aliphatic heterocycles. The summed E-state index contributed by atoms with van der Waals surface area (Å²) < 4.78 is -0.490. The summed E-state index contributed by atoms with van der Waals surface area (Å²) in [4.78, 5) is 24.0. The molecule has 2 heterocycles. The molecule has 2 fully saturated rings. The smallest absolute Gasteiger partial charge is 1.00 e. The molecule has 0 aromatic carbocycles. The van der Waals surface area contributed by atoms with Crippen molar-refractivity contribution in [3.63, 3.8) is 0 Å². The molecule has 0 bridgehead atoms. The zero-order chi connectivity index (χ0) is 11.4. The summed E-state index contributed by atoms with van der Waals surface area (Å²) in [6.07, 6.45) is 0. The van der Waals surface area contributed by atoms with Crippen molar-refractivity contribution in [1.82, 2.24) is 4.90 Å². The molecule has 7 heteroatoms. The van der Waals surface area contributed by atoms with E-state index < -0.39 is 22.7 Å². The molecule has 1 amide bonds. The van der Waals surface area contributed by atoms with Gasteiger partial charge in [-0.1, -0.05) is 0 Å². The summed E-state index contributed by atoms with van der Waals surface area (Å²) in [7, 11) is 0. The molecular weight excluding hydrogens is 241 g/mol. The molecule has 0 aromatic heterocycles. The van der Waals surface area contributed by atoms with E-state index in [0.29, 0.717) is 0 Å². The molecule has 0 unspecified atom stereocenters. The average Bonchev–Trinajstić information content (AvgIpc) is 2.35. The number of β-lactam (4-membered cyclic amide) rings is 1. The van der Waals surface area contributed by atoms with Crippen LogP contribution in [0.5, 0.6) is 0 Å². The van der Waals surface area contributed by atoms with E-state index in [1.54, 1.807) is 0 Å². The van der Waals surface area contributed by atoms with Crippen molar-refractivity contribution in [2.24, 2.45) is 5.92 Å². The third-order valence-electron chi connectivity index (χ3n) is 2.98. The Balaban J connectivity index is 0.00000128. The largest absolute Gasteiger partial charge is 1.00 e.